The quantitative estimate of drug-likeness (QED) is 0.887. The van der Waals surface area contributed by atoms with Gasteiger partial charge in [0, 0.05) is 6.54 Å². The van der Waals surface area contributed by atoms with Gasteiger partial charge in [0.1, 0.15) is 5.01 Å². The molecule has 1 saturated heterocycles. The van der Waals surface area contributed by atoms with Crippen molar-refractivity contribution in [3.8, 4) is 0 Å². The molecule has 1 N–H and O–H groups in total. The standard InChI is InChI=1S/C19H28N2O2S/c1-19(2,3)23-13-14(22)12-21-11-7-6-9-16(21)18-20-15-8-4-5-10-17(15)24-18/h4-5,8,10,14,16,22H,6-7,9,11-13H2,1-3H3. The SMILES string of the molecule is CC(C)(C)OCC(O)CN1CCCCC1c1nc2ccccc2s1. The van der Waals surface area contributed by atoms with E-state index in [0.29, 0.717) is 19.2 Å². The molecule has 1 fully saturated rings. The number of β-amino-alcohol motifs (C(OH)–C–C–N with tert-alkyl or cyclic N) is 1. The minimum Gasteiger partial charge on any atom is -0.389 e. The Kier molecular flexibility index (Phi) is 5.55. The summed E-state index contributed by atoms with van der Waals surface area (Å²) >= 11 is 1.79. The molecule has 0 radical (unpaired) electrons. The molecule has 1 aliphatic heterocycles. The highest BCUT2D eigenvalue weighted by Gasteiger charge is 2.28. The summed E-state index contributed by atoms with van der Waals surface area (Å²) in [5.74, 6) is 0. The Balaban J connectivity index is 1.69. The van der Waals surface area contributed by atoms with Gasteiger partial charge in [-0.3, -0.25) is 4.90 Å². The zero-order valence-electron chi connectivity index (χ0n) is 14.9. The van der Waals surface area contributed by atoms with Crippen molar-refractivity contribution in [3.05, 3.63) is 29.3 Å². The number of likely N-dealkylation sites (tertiary alicyclic amines) is 1. The fraction of sp³-hybridized carbons (Fsp3) is 0.632. The average Bonchev–Trinajstić information content (AvgIpc) is 2.96. The lowest BCUT2D eigenvalue weighted by molar-refractivity contribution is -0.0610. The van der Waals surface area contributed by atoms with E-state index in [1.165, 1.54) is 22.5 Å². The third-order valence-corrected chi connectivity index (χ3v) is 5.50. The van der Waals surface area contributed by atoms with Crippen LogP contribution in [-0.2, 0) is 4.74 Å². The van der Waals surface area contributed by atoms with Gasteiger partial charge in [0.2, 0.25) is 0 Å². The predicted molar refractivity (Wildman–Crippen MR) is 99.5 cm³/mol. The highest BCUT2D eigenvalue weighted by Crippen LogP contribution is 2.35. The van der Waals surface area contributed by atoms with Crippen molar-refractivity contribution in [2.45, 2.75) is 57.8 Å². The Morgan fingerprint density at radius 2 is 2.12 bits per heavy atom. The van der Waals surface area contributed by atoms with Crippen molar-refractivity contribution < 1.29 is 9.84 Å². The number of benzene rings is 1. The van der Waals surface area contributed by atoms with Crippen molar-refractivity contribution in [2.75, 3.05) is 19.7 Å². The van der Waals surface area contributed by atoms with Gasteiger partial charge in [-0.05, 0) is 52.3 Å². The number of thiazole rings is 1. The van der Waals surface area contributed by atoms with E-state index in [0.717, 1.165) is 18.5 Å². The minimum absolute atomic E-state index is 0.213. The van der Waals surface area contributed by atoms with Crippen LogP contribution < -0.4 is 0 Å². The zero-order valence-corrected chi connectivity index (χ0v) is 15.7. The summed E-state index contributed by atoms with van der Waals surface area (Å²) in [4.78, 5) is 7.23. The maximum absolute atomic E-state index is 10.4. The molecule has 0 amide bonds. The van der Waals surface area contributed by atoms with Gasteiger partial charge in [-0.15, -0.1) is 11.3 Å². The summed E-state index contributed by atoms with van der Waals surface area (Å²) in [6.45, 7) is 8.11. The molecule has 1 aromatic heterocycles. The minimum atomic E-state index is -0.459. The van der Waals surface area contributed by atoms with Crippen LogP contribution in [-0.4, -0.2) is 46.4 Å². The molecule has 24 heavy (non-hydrogen) atoms. The van der Waals surface area contributed by atoms with Crippen LogP contribution in [0.25, 0.3) is 10.2 Å². The van der Waals surface area contributed by atoms with Gasteiger partial charge in [0.05, 0.1) is 34.6 Å². The number of aromatic nitrogens is 1. The Bertz CT molecular complexity index is 632. The molecule has 1 aliphatic rings. The second kappa shape index (κ2) is 7.48. The molecule has 0 aliphatic carbocycles. The Morgan fingerprint density at radius 1 is 1.33 bits per heavy atom. The van der Waals surface area contributed by atoms with Crippen molar-refractivity contribution >= 4 is 21.6 Å². The zero-order chi connectivity index (χ0) is 17.2. The number of hydrogen-bond acceptors (Lipinski definition) is 5. The molecule has 5 heteroatoms. The Morgan fingerprint density at radius 3 is 2.88 bits per heavy atom. The average molecular weight is 349 g/mol. The second-order valence-electron chi connectivity index (χ2n) is 7.60. The van der Waals surface area contributed by atoms with Crippen LogP contribution in [0.15, 0.2) is 24.3 Å². The first-order valence-corrected chi connectivity index (χ1v) is 9.65. The normalized spacial score (nSPS) is 21.2. The summed E-state index contributed by atoms with van der Waals surface area (Å²) in [6, 6.07) is 8.64. The lowest BCUT2D eigenvalue weighted by atomic mass is 10.0. The summed E-state index contributed by atoms with van der Waals surface area (Å²) < 4.78 is 6.98. The summed E-state index contributed by atoms with van der Waals surface area (Å²) in [6.07, 6.45) is 3.08. The van der Waals surface area contributed by atoms with Crippen LogP contribution in [0, 0.1) is 0 Å². The van der Waals surface area contributed by atoms with Crippen molar-refractivity contribution in [1.29, 1.82) is 0 Å². The first kappa shape index (κ1) is 17.8. The van der Waals surface area contributed by atoms with Crippen LogP contribution in [0.1, 0.15) is 51.1 Å². The molecule has 0 bridgehead atoms. The third kappa shape index (κ3) is 4.54. The van der Waals surface area contributed by atoms with E-state index < -0.39 is 6.10 Å². The smallest absolute Gasteiger partial charge is 0.111 e. The molecule has 3 rings (SSSR count). The molecular weight excluding hydrogens is 320 g/mol. The van der Waals surface area contributed by atoms with E-state index in [9.17, 15) is 5.11 Å². The summed E-state index contributed by atoms with van der Waals surface area (Å²) in [5, 5.41) is 11.6. The van der Waals surface area contributed by atoms with E-state index in [4.69, 9.17) is 9.72 Å². The van der Waals surface area contributed by atoms with Crippen LogP contribution >= 0.6 is 11.3 Å². The van der Waals surface area contributed by atoms with Gasteiger partial charge in [0.15, 0.2) is 0 Å². The first-order valence-electron chi connectivity index (χ1n) is 8.84. The monoisotopic (exact) mass is 348 g/mol. The number of ether oxygens (including phenoxy) is 1. The molecule has 0 spiro atoms. The Labute approximate surface area is 148 Å². The number of aliphatic hydroxyl groups is 1. The highest BCUT2D eigenvalue weighted by atomic mass is 32.1. The number of rotatable bonds is 5. The molecule has 2 aromatic rings. The largest absolute Gasteiger partial charge is 0.389 e. The summed E-state index contributed by atoms with van der Waals surface area (Å²) in [7, 11) is 0. The van der Waals surface area contributed by atoms with Gasteiger partial charge < -0.3 is 9.84 Å². The number of fused-ring (bicyclic) bond motifs is 1. The van der Waals surface area contributed by atoms with Crippen LogP contribution in [0.2, 0.25) is 0 Å². The number of hydrogen-bond donors (Lipinski definition) is 1. The molecule has 0 saturated carbocycles. The van der Waals surface area contributed by atoms with Gasteiger partial charge in [0.25, 0.3) is 0 Å². The summed E-state index contributed by atoms with van der Waals surface area (Å²) in [5.41, 5.74) is 0.870. The molecule has 1 aromatic carbocycles. The molecule has 4 nitrogen and oxygen atoms in total. The highest BCUT2D eigenvalue weighted by molar-refractivity contribution is 7.18. The van der Waals surface area contributed by atoms with Crippen molar-refractivity contribution in [2.24, 2.45) is 0 Å². The van der Waals surface area contributed by atoms with E-state index in [2.05, 4.69) is 23.1 Å². The Hall–Kier alpha value is -1.01. The van der Waals surface area contributed by atoms with Crippen LogP contribution in [0.4, 0.5) is 0 Å². The fourth-order valence-electron chi connectivity index (χ4n) is 3.19. The third-order valence-electron chi connectivity index (χ3n) is 4.36. The van der Waals surface area contributed by atoms with Crippen LogP contribution in [0.5, 0.6) is 0 Å². The van der Waals surface area contributed by atoms with Gasteiger partial charge >= 0.3 is 0 Å². The maximum atomic E-state index is 10.4. The number of nitrogens with zero attached hydrogens (tertiary/aromatic N) is 2. The van der Waals surface area contributed by atoms with E-state index in [1.54, 1.807) is 11.3 Å². The van der Waals surface area contributed by atoms with Crippen molar-refractivity contribution in [3.63, 3.8) is 0 Å². The van der Waals surface area contributed by atoms with Gasteiger partial charge in [-0.1, -0.05) is 18.6 Å². The van der Waals surface area contributed by atoms with E-state index >= 15 is 0 Å². The molecule has 2 heterocycles. The molecule has 2 unspecified atom stereocenters. The van der Waals surface area contributed by atoms with E-state index in [-0.39, 0.29) is 5.60 Å². The predicted octanol–water partition coefficient (Wildman–Crippen LogP) is 4.00. The van der Waals surface area contributed by atoms with Crippen LogP contribution in [0.3, 0.4) is 0 Å². The fourth-order valence-corrected chi connectivity index (χ4v) is 4.33. The van der Waals surface area contributed by atoms with Gasteiger partial charge in [-0.2, -0.15) is 0 Å². The molecular formula is C19H28N2O2S. The lowest BCUT2D eigenvalue weighted by Gasteiger charge is -2.36. The second-order valence-corrected chi connectivity index (χ2v) is 8.67. The van der Waals surface area contributed by atoms with Crippen molar-refractivity contribution in [1.82, 2.24) is 9.88 Å². The number of para-hydroxylation sites is 1. The lowest BCUT2D eigenvalue weighted by Crippen LogP contribution is -2.41. The van der Waals surface area contributed by atoms with E-state index in [1.807, 2.05) is 26.8 Å². The number of piperidine rings is 1. The molecule has 2 atom stereocenters. The molecule has 132 valence electrons. The first-order chi connectivity index (χ1) is 11.4. The maximum Gasteiger partial charge on any atom is 0.111 e. The number of aliphatic hydroxyl groups excluding tert-OH is 1. The topological polar surface area (TPSA) is 45.6 Å². The van der Waals surface area contributed by atoms with Gasteiger partial charge in [-0.25, -0.2) is 4.98 Å².